The monoisotopic (exact) mass is 253 g/mol. The van der Waals surface area contributed by atoms with E-state index >= 15 is 0 Å². The van der Waals surface area contributed by atoms with Crippen LogP contribution in [0.5, 0.6) is 0 Å². The van der Waals surface area contributed by atoms with E-state index in [4.69, 9.17) is 11.6 Å². The summed E-state index contributed by atoms with van der Waals surface area (Å²) in [5.74, 6) is -0.839. The number of anilines is 1. The van der Waals surface area contributed by atoms with Crippen molar-refractivity contribution in [3.05, 3.63) is 47.0 Å². The van der Waals surface area contributed by atoms with E-state index in [2.05, 4.69) is 10.4 Å². The topological polar surface area (TPSA) is 46.9 Å². The molecule has 1 N–H and O–H groups in total. The second-order valence-electron chi connectivity index (χ2n) is 3.44. The van der Waals surface area contributed by atoms with Crippen molar-refractivity contribution >= 4 is 23.2 Å². The number of amides is 1. The number of carbonyl (C=O) groups is 1. The Bertz CT molecular complexity index is 568. The zero-order chi connectivity index (χ0) is 12.4. The van der Waals surface area contributed by atoms with Crippen LogP contribution in [0.1, 0.15) is 10.4 Å². The first-order valence-electron chi connectivity index (χ1n) is 4.82. The number of aromatic nitrogens is 2. The van der Waals surface area contributed by atoms with Crippen molar-refractivity contribution in [2.45, 2.75) is 0 Å². The average molecular weight is 254 g/mol. The number of nitrogens with zero attached hydrogens (tertiary/aromatic N) is 2. The van der Waals surface area contributed by atoms with E-state index in [1.807, 2.05) is 0 Å². The Labute approximate surface area is 102 Å². The molecule has 0 atom stereocenters. The third-order valence-electron chi connectivity index (χ3n) is 2.19. The second-order valence-corrected chi connectivity index (χ2v) is 3.80. The van der Waals surface area contributed by atoms with Gasteiger partial charge in [-0.05, 0) is 18.2 Å². The van der Waals surface area contributed by atoms with Crippen LogP contribution in [0.25, 0.3) is 0 Å². The van der Waals surface area contributed by atoms with Crippen LogP contribution >= 0.6 is 11.6 Å². The van der Waals surface area contributed by atoms with Gasteiger partial charge in [-0.1, -0.05) is 17.7 Å². The molecule has 0 aliphatic rings. The molecule has 0 saturated carbocycles. The molecule has 0 fully saturated rings. The molecule has 1 aromatic carbocycles. The number of halogens is 2. The Hall–Kier alpha value is -1.88. The van der Waals surface area contributed by atoms with Gasteiger partial charge in [0, 0.05) is 12.7 Å². The van der Waals surface area contributed by atoms with Gasteiger partial charge in [0.15, 0.2) is 0 Å². The molecule has 88 valence electrons. The lowest BCUT2D eigenvalue weighted by atomic mass is 10.3. The molecule has 1 aromatic heterocycles. The lowest BCUT2D eigenvalue weighted by Gasteiger charge is -2.03. The summed E-state index contributed by atoms with van der Waals surface area (Å²) in [5, 5.41) is 6.62. The van der Waals surface area contributed by atoms with Crippen LogP contribution in [0, 0.1) is 5.82 Å². The molecule has 4 nitrogen and oxygen atoms in total. The van der Waals surface area contributed by atoms with Gasteiger partial charge in [-0.25, -0.2) is 4.39 Å². The van der Waals surface area contributed by atoms with Gasteiger partial charge >= 0.3 is 0 Å². The minimum Gasteiger partial charge on any atom is -0.322 e. The highest BCUT2D eigenvalue weighted by atomic mass is 35.5. The highest BCUT2D eigenvalue weighted by Gasteiger charge is 2.14. The Morgan fingerprint density at radius 3 is 2.88 bits per heavy atom. The van der Waals surface area contributed by atoms with Crippen molar-refractivity contribution in [2.75, 3.05) is 5.32 Å². The zero-order valence-corrected chi connectivity index (χ0v) is 9.70. The number of benzene rings is 1. The van der Waals surface area contributed by atoms with Crippen molar-refractivity contribution < 1.29 is 9.18 Å². The van der Waals surface area contributed by atoms with Gasteiger partial charge in [0.1, 0.15) is 11.0 Å². The fourth-order valence-electron chi connectivity index (χ4n) is 1.34. The van der Waals surface area contributed by atoms with Gasteiger partial charge in [0.25, 0.3) is 5.91 Å². The Kier molecular flexibility index (Phi) is 3.10. The van der Waals surface area contributed by atoms with E-state index in [0.717, 1.165) is 0 Å². The van der Waals surface area contributed by atoms with Crippen LogP contribution in [0.15, 0.2) is 30.5 Å². The number of hydrogen-bond acceptors (Lipinski definition) is 2. The lowest BCUT2D eigenvalue weighted by molar-refractivity contribution is 0.102. The molecule has 0 aliphatic heterocycles. The number of nitrogens with one attached hydrogen (secondary N) is 1. The molecule has 0 spiro atoms. The van der Waals surface area contributed by atoms with Gasteiger partial charge in [-0.2, -0.15) is 5.10 Å². The first-order valence-corrected chi connectivity index (χ1v) is 5.20. The Morgan fingerprint density at radius 2 is 2.29 bits per heavy atom. The smallest absolute Gasteiger partial charge is 0.260 e. The van der Waals surface area contributed by atoms with Gasteiger partial charge in [0.05, 0.1) is 11.8 Å². The molecular weight excluding hydrogens is 245 g/mol. The van der Waals surface area contributed by atoms with Gasteiger partial charge < -0.3 is 5.32 Å². The summed E-state index contributed by atoms with van der Waals surface area (Å²) in [4.78, 5) is 11.8. The standard InChI is InChI=1S/C11H9ClFN3O/c1-16-10(12)9(6-14-16)11(17)15-8-4-2-3-7(13)5-8/h2-6H,1H3,(H,15,17). The summed E-state index contributed by atoms with van der Waals surface area (Å²) in [7, 11) is 1.63. The maximum Gasteiger partial charge on any atom is 0.260 e. The van der Waals surface area contributed by atoms with Crippen LogP contribution in [0.3, 0.4) is 0 Å². The fraction of sp³-hybridized carbons (Fsp3) is 0.0909. The predicted octanol–water partition coefficient (Wildman–Crippen LogP) is 2.46. The SMILES string of the molecule is Cn1ncc(C(=O)Nc2cccc(F)c2)c1Cl. The molecule has 2 rings (SSSR count). The van der Waals surface area contributed by atoms with Crippen molar-refractivity contribution in [1.29, 1.82) is 0 Å². The van der Waals surface area contributed by atoms with Gasteiger partial charge in [-0.15, -0.1) is 0 Å². The van der Waals surface area contributed by atoms with Gasteiger partial charge in [-0.3, -0.25) is 9.48 Å². The quantitative estimate of drug-likeness (QED) is 0.894. The summed E-state index contributed by atoms with van der Waals surface area (Å²) >= 11 is 5.87. The van der Waals surface area contributed by atoms with Gasteiger partial charge in [0.2, 0.25) is 0 Å². The maximum atomic E-state index is 12.9. The number of rotatable bonds is 2. The summed E-state index contributed by atoms with van der Waals surface area (Å²) in [6.07, 6.45) is 1.36. The molecule has 0 saturated heterocycles. The Morgan fingerprint density at radius 1 is 1.53 bits per heavy atom. The van der Waals surface area contributed by atoms with Crippen molar-refractivity contribution in [2.24, 2.45) is 7.05 Å². The van der Waals surface area contributed by atoms with Crippen molar-refractivity contribution in [3.63, 3.8) is 0 Å². The predicted molar refractivity (Wildman–Crippen MR) is 62.6 cm³/mol. The summed E-state index contributed by atoms with van der Waals surface area (Å²) in [6, 6.07) is 5.62. The second kappa shape index (κ2) is 4.55. The lowest BCUT2D eigenvalue weighted by Crippen LogP contribution is -2.11. The van der Waals surface area contributed by atoms with Crippen LogP contribution < -0.4 is 5.32 Å². The molecular formula is C11H9ClFN3O. The molecule has 1 amide bonds. The van der Waals surface area contributed by atoms with E-state index in [9.17, 15) is 9.18 Å². The molecule has 17 heavy (non-hydrogen) atoms. The Balaban J connectivity index is 2.20. The molecule has 1 heterocycles. The normalized spacial score (nSPS) is 10.3. The number of carbonyl (C=O) groups excluding carboxylic acids is 1. The molecule has 0 unspecified atom stereocenters. The van der Waals surface area contributed by atoms with Crippen LogP contribution in [-0.2, 0) is 7.05 Å². The van der Waals surface area contributed by atoms with E-state index < -0.39 is 11.7 Å². The third-order valence-corrected chi connectivity index (χ3v) is 2.64. The first kappa shape index (κ1) is 11.6. The van der Waals surface area contributed by atoms with E-state index in [1.54, 1.807) is 13.1 Å². The minimum absolute atomic E-state index is 0.235. The van der Waals surface area contributed by atoms with Crippen LogP contribution in [-0.4, -0.2) is 15.7 Å². The van der Waals surface area contributed by atoms with Crippen molar-refractivity contribution in [1.82, 2.24) is 9.78 Å². The summed E-state index contributed by atoms with van der Waals surface area (Å²) in [6.45, 7) is 0. The largest absolute Gasteiger partial charge is 0.322 e. The summed E-state index contributed by atoms with van der Waals surface area (Å²) in [5.41, 5.74) is 0.619. The zero-order valence-electron chi connectivity index (χ0n) is 8.95. The van der Waals surface area contributed by atoms with E-state index in [0.29, 0.717) is 5.69 Å². The molecule has 0 radical (unpaired) electrons. The summed E-state index contributed by atoms with van der Waals surface area (Å²) < 4.78 is 14.3. The fourth-order valence-corrected chi connectivity index (χ4v) is 1.52. The first-order chi connectivity index (χ1) is 8.08. The highest BCUT2D eigenvalue weighted by Crippen LogP contribution is 2.16. The van der Waals surface area contributed by atoms with Crippen LogP contribution in [0.4, 0.5) is 10.1 Å². The number of aryl methyl sites for hydroxylation is 1. The minimum atomic E-state index is -0.423. The average Bonchev–Trinajstić information content (AvgIpc) is 2.60. The van der Waals surface area contributed by atoms with E-state index in [1.165, 1.54) is 29.1 Å². The maximum absolute atomic E-state index is 12.9. The van der Waals surface area contributed by atoms with Crippen molar-refractivity contribution in [3.8, 4) is 0 Å². The number of hydrogen-bond donors (Lipinski definition) is 1. The third kappa shape index (κ3) is 2.45. The molecule has 0 aliphatic carbocycles. The molecule has 2 aromatic rings. The highest BCUT2D eigenvalue weighted by molar-refractivity contribution is 6.33. The van der Waals surface area contributed by atoms with E-state index in [-0.39, 0.29) is 10.7 Å². The molecule has 0 bridgehead atoms. The molecule has 6 heteroatoms. The van der Waals surface area contributed by atoms with Crippen LogP contribution in [0.2, 0.25) is 5.15 Å².